The maximum atomic E-state index is 12.1. The fourth-order valence-corrected chi connectivity index (χ4v) is 5.23. The molecule has 1 aromatic heterocycles. The van der Waals surface area contributed by atoms with E-state index >= 15 is 0 Å². The summed E-state index contributed by atoms with van der Waals surface area (Å²) in [6.07, 6.45) is 6.56. The highest BCUT2D eigenvalue weighted by Gasteiger charge is 2.32. The van der Waals surface area contributed by atoms with Crippen LogP contribution in [0.25, 0.3) is 11.1 Å². The van der Waals surface area contributed by atoms with Crippen LogP contribution in [0.15, 0.2) is 35.8 Å². The number of hydrogen-bond acceptors (Lipinski definition) is 5. The third-order valence-corrected chi connectivity index (χ3v) is 7.12. The molecule has 3 aliphatic rings. The molecule has 2 N–H and O–H groups in total. The monoisotopic (exact) mass is 448 g/mol. The van der Waals surface area contributed by atoms with Crippen LogP contribution in [0.3, 0.4) is 0 Å². The second kappa shape index (κ2) is 8.67. The summed E-state index contributed by atoms with van der Waals surface area (Å²) < 4.78 is 7.37. The van der Waals surface area contributed by atoms with Crippen LogP contribution >= 0.6 is 0 Å². The number of fused-ring (bicyclic) bond motifs is 1. The van der Waals surface area contributed by atoms with E-state index in [9.17, 15) is 10.2 Å². The molecular weight excluding hydrogens is 416 g/mol. The molecule has 0 saturated carbocycles. The highest BCUT2D eigenvalue weighted by atomic mass is 16.5. The molecule has 0 bridgehead atoms. The van der Waals surface area contributed by atoms with E-state index in [0.29, 0.717) is 25.5 Å². The SMILES string of the molecule is CC(=O)N1CCC(NC2CCOC2)=C(C(=N)N2CCc3c2ccc(-c2cnn(C)c2)c3C)C1. The van der Waals surface area contributed by atoms with E-state index in [-0.39, 0.29) is 11.9 Å². The third-order valence-electron chi connectivity index (χ3n) is 7.12. The number of anilines is 1. The quantitative estimate of drug-likeness (QED) is 0.555. The van der Waals surface area contributed by atoms with Crippen molar-refractivity contribution in [2.45, 2.75) is 39.2 Å². The minimum Gasteiger partial charge on any atom is -0.383 e. The molecule has 0 radical (unpaired) electrons. The van der Waals surface area contributed by atoms with Crippen molar-refractivity contribution in [1.82, 2.24) is 20.0 Å². The Morgan fingerprint density at radius 1 is 1.27 bits per heavy atom. The standard InChI is InChI=1S/C25H32N6O2/c1-16-20(18-12-27-29(3)13-18)4-5-24-21(16)6-10-31(24)25(26)22-14-30(17(2)32)9-7-23(22)28-19-8-11-33-15-19/h4-5,12-13,19,26,28H,6-11,14-15H2,1-3H3. The Morgan fingerprint density at radius 2 is 2.12 bits per heavy atom. The Labute approximate surface area is 194 Å². The lowest BCUT2D eigenvalue weighted by Gasteiger charge is -2.34. The van der Waals surface area contributed by atoms with Gasteiger partial charge in [-0.25, -0.2) is 0 Å². The van der Waals surface area contributed by atoms with Crippen LogP contribution in [0.4, 0.5) is 5.69 Å². The number of ether oxygens (including phenoxy) is 1. The lowest BCUT2D eigenvalue weighted by Crippen LogP contribution is -2.44. The first kappa shape index (κ1) is 21.7. The number of nitrogens with zero attached hydrogens (tertiary/aromatic N) is 4. The second-order valence-corrected chi connectivity index (χ2v) is 9.24. The lowest BCUT2D eigenvalue weighted by molar-refractivity contribution is -0.128. The smallest absolute Gasteiger partial charge is 0.219 e. The fourth-order valence-electron chi connectivity index (χ4n) is 5.23. The summed E-state index contributed by atoms with van der Waals surface area (Å²) in [5.74, 6) is 0.553. The molecule has 1 atom stereocenters. The first-order valence-electron chi connectivity index (χ1n) is 11.7. The number of aryl methyl sites for hydroxylation is 1. The van der Waals surface area contributed by atoms with Crippen molar-refractivity contribution in [2.75, 3.05) is 37.7 Å². The molecule has 1 fully saturated rings. The zero-order valence-electron chi connectivity index (χ0n) is 19.6. The van der Waals surface area contributed by atoms with Crippen molar-refractivity contribution in [3.05, 3.63) is 46.9 Å². The number of amides is 1. The Hall–Kier alpha value is -3.13. The van der Waals surface area contributed by atoms with E-state index in [0.717, 1.165) is 54.9 Å². The van der Waals surface area contributed by atoms with Gasteiger partial charge in [0.1, 0.15) is 5.84 Å². The van der Waals surface area contributed by atoms with E-state index in [1.54, 1.807) is 6.92 Å². The van der Waals surface area contributed by atoms with Crippen molar-refractivity contribution in [3.63, 3.8) is 0 Å². The number of benzene rings is 1. The Morgan fingerprint density at radius 3 is 2.82 bits per heavy atom. The number of nitrogens with one attached hydrogen (secondary N) is 2. The molecule has 1 aromatic carbocycles. The predicted octanol–water partition coefficient (Wildman–Crippen LogP) is 2.62. The van der Waals surface area contributed by atoms with Crippen LogP contribution in [0.1, 0.15) is 30.9 Å². The number of carbonyl (C=O) groups is 1. The first-order valence-corrected chi connectivity index (χ1v) is 11.7. The Kier molecular flexibility index (Phi) is 5.70. The molecule has 1 unspecified atom stereocenters. The van der Waals surface area contributed by atoms with Gasteiger partial charge >= 0.3 is 0 Å². The maximum Gasteiger partial charge on any atom is 0.219 e. The molecule has 174 valence electrons. The van der Waals surface area contributed by atoms with E-state index in [2.05, 4.69) is 34.4 Å². The van der Waals surface area contributed by atoms with Gasteiger partial charge in [0, 0.05) is 68.8 Å². The highest BCUT2D eigenvalue weighted by Crippen LogP contribution is 2.37. The van der Waals surface area contributed by atoms with Gasteiger partial charge in [-0.3, -0.25) is 14.9 Å². The second-order valence-electron chi connectivity index (χ2n) is 9.24. The Bertz CT molecular complexity index is 1130. The molecular formula is C25H32N6O2. The van der Waals surface area contributed by atoms with Gasteiger partial charge in [-0.2, -0.15) is 5.10 Å². The van der Waals surface area contributed by atoms with Gasteiger partial charge in [-0.15, -0.1) is 0 Å². The molecule has 2 aromatic rings. The minimum atomic E-state index is 0.0577. The molecule has 0 spiro atoms. The number of rotatable bonds is 4. The van der Waals surface area contributed by atoms with Crippen molar-refractivity contribution in [3.8, 4) is 11.1 Å². The molecule has 8 heteroatoms. The van der Waals surface area contributed by atoms with E-state index in [1.165, 1.54) is 16.7 Å². The summed E-state index contributed by atoms with van der Waals surface area (Å²) in [6.45, 7) is 7.18. The molecule has 8 nitrogen and oxygen atoms in total. The van der Waals surface area contributed by atoms with Crippen molar-refractivity contribution < 1.29 is 9.53 Å². The lowest BCUT2D eigenvalue weighted by atomic mass is 9.96. The number of amidine groups is 1. The zero-order chi connectivity index (χ0) is 23.1. The van der Waals surface area contributed by atoms with Gasteiger partial charge in [0.05, 0.1) is 25.4 Å². The molecule has 1 saturated heterocycles. The third kappa shape index (κ3) is 4.04. The van der Waals surface area contributed by atoms with Gasteiger partial charge in [0.2, 0.25) is 5.91 Å². The van der Waals surface area contributed by atoms with Gasteiger partial charge in [-0.1, -0.05) is 6.07 Å². The summed E-state index contributed by atoms with van der Waals surface area (Å²) in [7, 11) is 1.93. The van der Waals surface area contributed by atoms with Crippen molar-refractivity contribution in [2.24, 2.45) is 7.05 Å². The Balaban J connectivity index is 1.46. The van der Waals surface area contributed by atoms with Crippen LogP contribution < -0.4 is 10.2 Å². The van der Waals surface area contributed by atoms with Gasteiger partial charge in [0.15, 0.2) is 0 Å². The molecule has 0 aliphatic carbocycles. The molecule has 33 heavy (non-hydrogen) atoms. The largest absolute Gasteiger partial charge is 0.383 e. The summed E-state index contributed by atoms with van der Waals surface area (Å²) in [4.78, 5) is 16.1. The normalized spacial score (nSPS) is 20.4. The predicted molar refractivity (Wildman–Crippen MR) is 128 cm³/mol. The van der Waals surface area contributed by atoms with Gasteiger partial charge in [0.25, 0.3) is 0 Å². The summed E-state index contributed by atoms with van der Waals surface area (Å²) in [5.41, 5.74) is 7.96. The molecule has 3 aliphatic heterocycles. The van der Waals surface area contributed by atoms with E-state index in [4.69, 9.17) is 4.74 Å². The van der Waals surface area contributed by atoms with Crippen molar-refractivity contribution >= 4 is 17.4 Å². The molecule has 4 heterocycles. The maximum absolute atomic E-state index is 12.1. The zero-order valence-corrected chi connectivity index (χ0v) is 19.6. The van der Waals surface area contributed by atoms with E-state index in [1.807, 2.05) is 29.0 Å². The van der Waals surface area contributed by atoms with Gasteiger partial charge in [-0.05, 0) is 42.5 Å². The molecule has 5 rings (SSSR count). The van der Waals surface area contributed by atoms with Crippen LogP contribution in [-0.2, 0) is 23.0 Å². The van der Waals surface area contributed by atoms with Crippen LogP contribution in [0.5, 0.6) is 0 Å². The average Bonchev–Trinajstić information content (AvgIpc) is 3.55. The van der Waals surface area contributed by atoms with Crippen molar-refractivity contribution in [1.29, 1.82) is 5.41 Å². The minimum absolute atomic E-state index is 0.0577. The molecule has 1 amide bonds. The van der Waals surface area contributed by atoms with Crippen LogP contribution in [0, 0.1) is 12.3 Å². The fraction of sp³-hybridized carbons (Fsp3) is 0.480. The highest BCUT2D eigenvalue weighted by molar-refractivity contribution is 6.10. The number of carbonyl (C=O) groups excluding carboxylic acids is 1. The number of aromatic nitrogens is 2. The summed E-state index contributed by atoms with van der Waals surface area (Å²) in [6, 6.07) is 4.56. The van der Waals surface area contributed by atoms with Crippen LogP contribution in [0.2, 0.25) is 0 Å². The number of hydrogen-bond donors (Lipinski definition) is 2. The van der Waals surface area contributed by atoms with Crippen LogP contribution in [-0.4, -0.2) is 65.3 Å². The van der Waals surface area contributed by atoms with Gasteiger partial charge < -0.3 is 19.9 Å². The average molecular weight is 449 g/mol. The summed E-state index contributed by atoms with van der Waals surface area (Å²) in [5, 5.41) is 17.1. The van der Waals surface area contributed by atoms with E-state index < -0.39 is 0 Å². The summed E-state index contributed by atoms with van der Waals surface area (Å²) >= 11 is 0. The first-order chi connectivity index (χ1) is 15.9. The topological polar surface area (TPSA) is 86.5 Å².